The van der Waals surface area contributed by atoms with Gasteiger partial charge in [-0.15, -0.1) is 23.5 Å². The van der Waals surface area contributed by atoms with Crippen LogP contribution in [0, 0.1) is 10.8 Å². The van der Waals surface area contributed by atoms with Crippen LogP contribution in [0.15, 0.2) is 129 Å². The van der Waals surface area contributed by atoms with Crippen LogP contribution in [0.4, 0.5) is 31.5 Å². The minimum absolute atomic E-state index is 0.0381. The maximum absolute atomic E-state index is 15.2. The standard InChI is InChI=1S/C48H54F2N2O9S4/c1-7-9-21-47(3)29-51(33-17-13-11-14-18-33)37-23-41(62-5)39(25-43(37)64(55,56)31-47)59-27-35(49)45(53)61-46(54)36(50)28-60-40-26-44-38(24-42(40)63-6)52(34-19-15-12-16-20-34)30-48(4,22-10-8-2)32-65(44,57)58/h11-20,23-28H,7-10,21-22,29-32H2,1-6H3/b35-27-,36-28-. The van der Waals surface area contributed by atoms with E-state index >= 15 is 8.78 Å². The van der Waals surface area contributed by atoms with Crippen LogP contribution < -0.4 is 19.3 Å². The van der Waals surface area contributed by atoms with E-state index in [4.69, 9.17) is 9.47 Å². The molecule has 0 fully saturated rings. The molecule has 2 heterocycles. The van der Waals surface area contributed by atoms with Gasteiger partial charge in [-0.2, -0.15) is 8.78 Å². The molecule has 0 N–H and O–H groups in total. The summed E-state index contributed by atoms with van der Waals surface area (Å²) in [5, 5.41) is 0. The molecule has 6 rings (SSSR count). The van der Waals surface area contributed by atoms with Crippen molar-refractivity contribution in [2.24, 2.45) is 10.8 Å². The van der Waals surface area contributed by atoms with Gasteiger partial charge in [-0.25, -0.2) is 26.4 Å². The summed E-state index contributed by atoms with van der Waals surface area (Å²) in [4.78, 5) is 30.1. The highest BCUT2D eigenvalue weighted by atomic mass is 32.2. The molecular formula is C48H54F2N2O9S4. The summed E-state index contributed by atoms with van der Waals surface area (Å²) in [7, 11) is -7.85. The van der Waals surface area contributed by atoms with Gasteiger partial charge in [0.15, 0.2) is 19.7 Å². The number of thioether (sulfide) groups is 2. The summed E-state index contributed by atoms with van der Waals surface area (Å²) in [6, 6.07) is 24.7. The number of hydrogen-bond acceptors (Lipinski definition) is 13. The Balaban J connectivity index is 1.22. The molecule has 348 valence electrons. The first-order valence-corrected chi connectivity index (χ1v) is 27.0. The van der Waals surface area contributed by atoms with E-state index in [0.717, 1.165) is 37.1 Å². The number of sulfone groups is 2. The zero-order chi connectivity index (χ0) is 47.2. The summed E-state index contributed by atoms with van der Waals surface area (Å²) >= 11 is 2.40. The Morgan fingerprint density at radius 2 is 1.02 bits per heavy atom. The Hall–Kier alpha value is -4.84. The van der Waals surface area contributed by atoms with Crippen LogP contribution in [-0.4, -0.2) is 65.9 Å². The van der Waals surface area contributed by atoms with E-state index in [0.29, 0.717) is 59.6 Å². The fraction of sp³-hybridized carbons (Fsp3) is 0.375. The second-order valence-electron chi connectivity index (χ2n) is 17.0. The van der Waals surface area contributed by atoms with Gasteiger partial charge in [0.2, 0.25) is 11.7 Å². The molecule has 0 aromatic heterocycles. The lowest BCUT2D eigenvalue weighted by Crippen LogP contribution is -2.35. The monoisotopic (exact) mass is 968 g/mol. The number of para-hydroxylation sites is 2. The first-order chi connectivity index (χ1) is 30.9. The highest BCUT2D eigenvalue weighted by Crippen LogP contribution is 2.48. The molecule has 2 unspecified atom stereocenters. The van der Waals surface area contributed by atoms with Crippen molar-refractivity contribution in [1.82, 2.24) is 0 Å². The third kappa shape index (κ3) is 11.6. The first kappa shape index (κ1) is 49.6. The van der Waals surface area contributed by atoms with Crippen molar-refractivity contribution in [1.29, 1.82) is 0 Å². The Labute approximate surface area is 389 Å². The predicted octanol–water partition coefficient (Wildman–Crippen LogP) is 11.5. The van der Waals surface area contributed by atoms with Gasteiger partial charge in [0.1, 0.15) is 24.0 Å². The molecule has 0 bridgehead atoms. The quantitative estimate of drug-likeness (QED) is 0.0347. The molecule has 0 spiro atoms. The molecule has 0 amide bonds. The molecular weight excluding hydrogens is 915 g/mol. The molecule has 0 saturated carbocycles. The molecule has 2 aliphatic heterocycles. The molecule has 0 saturated heterocycles. The zero-order valence-electron chi connectivity index (χ0n) is 37.3. The lowest BCUT2D eigenvalue weighted by molar-refractivity contribution is -0.156. The number of carbonyl (C=O) groups is 2. The SMILES string of the molecule is CCCCC1(C)CN(c2ccccc2)c2cc(SC)c(O/C=C(\F)C(=O)OC(=O)/C(F)=C/Oc3cc4c(cc3SC)N(c3ccccc3)CC(C)(CCCC)CS4(=O)=O)cc2S(=O)(=O)C1. The van der Waals surface area contributed by atoms with E-state index in [1.54, 1.807) is 24.6 Å². The van der Waals surface area contributed by atoms with E-state index in [1.807, 2.05) is 98.2 Å². The Morgan fingerprint density at radius 3 is 1.35 bits per heavy atom. The Kier molecular flexibility index (Phi) is 15.8. The Morgan fingerprint density at radius 1 is 0.646 bits per heavy atom. The van der Waals surface area contributed by atoms with E-state index in [9.17, 15) is 26.4 Å². The van der Waals surface area contributed by atoms with Gasteiger partial charge < -0.3 is 24.0 Å². The second-order valence-corrected chi connectivity index (χ2v) is 22.6. The van der Waals surface area contributed by atoms with Crippen LogP contribution in [0.5, 0.6) is 11.5 Å². The van der Waals surface area contributed by atoms with Crippen molar-refractivity contribution in [2.75, 3.05) is 46.9 Å². The molecule has 2 aliphatic rings. The van der Waals surface area contributed by atoms with Crippen LogP contribution >= 0.6 is 23.5 Å². The zero-order valence-corrected chi connectivity index (χ0v) is 40.5. The fourth-order valence-corrected chi connectivity index (χ4v) is 13.5. The first-order valence-electron chi connectivity index (χ1n) is 21.2. The molecule has 4 aromatic carbocycles. The van der Waals surface area contributed by atoms with Crippen LogP contribution in [0.1, 0.15) is 66.2 Å². The number of esters is 2. The average Bonchev–Trinajstić information content (AvgIpc) is 3.43. The predicted molar refractivity (Wildman–Crippen MR) is 253 cm³/mol. The number of halogens is 2. The van der Waals surface area contributed by atoms with E-state index in [-0.39, 0.29) is 32.8 Å². The molecule has 17 heteroatoms. The number of nitrogens with zero attached hydrogens (tertiary/aromatic N) is 2. The van der Waals surface area contributed by atoms with Crippen molar-refractivity contribution >= 4 is 77.9 Å². The van der Waals surface area contributed by atoms with E-state index in [2.05, 4.69) is 4.74 Å². The summed E-state index contributed by atoms with van der Waals surface area (Å²) in [5.74, 6) is -7.67. The average molecular weight is 969 g/mol. The smallest absolute Gasteiger partial charge is 0.378 e. The number of ether oxygens (including phenoxy) is 3. The number of benzene rings is 4. The number of unbranched alkanes of at least 4 members (excludes halogenated alkanes) is 2. The van der Waals surface area contributed by atoms with E-state index < -0.39 is 54.1 Å². The van der Waals surface area contributed by atoms with Gasteiger partial charge in [-0.1, -0.05) is 89.8 Å². The summed E-state index contributed by atoms with van der Waals surface area (Å²) < 4.78 is 102. The lowest BCUT2D eigenvalue weighted by Gasteiger charge is -2.34. The van der Waals surface area contributed by atoms with Crippen molar-refractivity contribution in [3.05, 3.63) is 109 Å². The summed E-state index contributed by atoms with van der Waals surface area (Å²) in [6.07, 6.45) is 8.92. The summed E-state index contributed by atoms with van der Waals surface area (Å²) in [5.41, 5.74) is 1.19. The highest BCUT2D eigenvalue weighted by molar-refractivity contribution is 7.99. The van der Waals surface area contributed by atoms with Crippen LogP contribution in [0.3, 0.4) is 0 Å². The van der Waals surface area contributed by atoms with Crippen molar-refractivity contribution in [2.45, 2.75) is 85.8 Å². The van der Waals surface area contributed by atoms with Gasteiger partial charge in [0.05, 0.1) is 42.5 Å². The lowest BCUT2D eigenvalue weighted by atomic mass is 9.86. The van der Waals surface area contributed by atoms with Gasteiger partial charge in [0, 0.05) is 36.6 Å². The molecule has 65 heavy (non-hydrogen) atoms. The topological polar surface area (TPSA) is 137 Å². The van der Waals surface area contributed by atoms with Gasteiger partial charge in [-0.3, -0.25) is 0 Å². The van der Waals surface area contributed by atoms with Crippen molar-refractivity contribution in [3.8, 4) is 11.5 Å². The number of hydrogen-bond donors (Lipinski definition) is 0. The Bertz CT molecular complexity index is 2500. The van der Waals surface area contributed by atoms with Crippen LogP contribution in [0.2, 0.25) is 0 Å². The highest BCUT2D eigenvalue weighted by Gasteiger charge is 2.42. The molecule has 0 radical (unpaired) electrons. The number of anilines is 4. The molecule has 0 aliphatic carbocycles. The fourth-order valence-electron chi connectivity index (χ4n) is 8.28. The van der Waals surface area contributed by atoms with Gasteiger partial charge in [0.25, 0.3) is 0 Å². The minimum atomic E-state index is -3.92. The summed E-state index contributed by atoms with van der Waals surface area (Å²) in [6.45, 7) is 8.84. The molecule has 2 atom stereocenters. The number of carbonyl (C=O) groups excluding carboxylic acids is 2. The maximum Gasteiger partial charge on any atom is 0.378 e. The van der Waals surface area contributed by atoms with Gasteiger partial charge in [-0.05, 0) is 72.6 Å². The largest absolute Gasteiger partial charge is 0.460 e. The van der Waals surface area contributed by atoms with Crippen LogP contribution in [-0.2, 0) is 34.0 Å². The third-order valence-corrected chi connectivity index (χ3v) is 17.1. The number of rotatable bonds is 16. The third-order valence-electron chi connectivity index (χ3n) is 11.5. The molecule has 11 nitrogen and oxygen atoms in total. The van der Waals surface area contributed by atoms with Gasteiger partial charge >= 0.3 is 11.9 Å². The normalized spacial score (nSPS) is 20.5. The maximum atomic E-state index is 15.2. The van der Waals surface area contributed by atoms with Crippen molar-refractivity contribution in [3.63, 3.8) is 0 Å². The van der Waals surface area contributed by atoms with Crippen LogP contribution in [0.25, 0.3) is 0 Å². The minimum Gasteiger partial charge on any atom is -0.460 e. The van der Waals surface area contributed by atoms with Crippen molar-refractivity contribution < 1.29 is 49.4 Å². The number of fused-ring (bicyclic) bond motifs is 2. The van der Waals surface area contributed by atoms with E-state index in [1.165, 1.54) is 35.7 Å². The molecule has 4 aromatic rings. The second kappa shape index (κ2) is 20.8.